The summed E-state index contributed by atoms with van der Waals surface area (Å²) in [6.45, 7) is 0. The van der Waals surface area contributed by atoms with Crippen molar-refractivity contribution in [2.45, 2.75) is 6.42 Å². The van der Waals surface area contributed by atoms with Gasteiger partial charge in [0.1, 0.15) is 0 Å². The second-order valence-electron chi connectivity index (χ2n) is 6.15. The maximum Gasteiger partial charge on any atom is 0.186 e. The van der Waals surface area contributed by atoms with E-state index in [1.165, 1.54) is 5.56 Å². The topological polar surface area (TPSA) is 56.0 Å². The van der Waals surface area contributed by atoms with Crippen LogP contribution in [0.3, 0.4) is 0 Å². The molecule has 5 aromatic rings. The van der Waals surface area contributed by atoms with Gasteiger partial charge >= 0.3 is 0 Å². The van der Waals surface area contributed by atoms with Gasteiger partial charge in [0.2, 0.25) is 0 Å². The fourth-order valence-corrected chi connectivity index (χ4v) is 3.25. The molecule has 0 aliphatic rings. The summed E-state index contributed by atoms with van der Waals surface area (Å²) < 4.78 is 1.84. The lowest BCUT2D eigenvalue weighted by Gasteiger charge is -2.08. The highest BCUT2D eigenvalue weighted by molar-refractivity contribution is 5.95. The maximum absolute atomic E-state index is 4.91. The van der Waals surface area contributed by atoms with Gasteiger partial charge < -0.3 is 0 Å². The number of benzene rings is 2. The molecule has 0 bridgehead atoms. The molecular formula is C21H15N5. The summed E-state index contributed by atoms with van der Waals surface area (Å²) in [4.78, 5) is 4.08. The molecule has 5 rings (SSSR count). The van der Waals surface area contributed by atoms with Gasteiger partial charge in [-0.3, -0.25) is 4.98 Å². The average Bonchev–Trinajstić information content (AvgIpc) is 3.14. The van der Waals surface area contributed by atoms with E-state index in [-0.39, 0.29) is 0 Å². The number of nitrogens with zero attached hydrogens (tertiary/aromatic N) is 5. The fourth-order valence-electron chi connectivity index (χ4n) is 3.25. The lowest BCUT2D eigenvalue weighted by atomic mass is 10.0. The first-order valence-corrected chi connectivity index (χ1v) is 8.47. The van der Waals surface area contributed by atoms with Gasteiger partial charge in [-0.15, -0.1) is 10.2 Å². The minimum atomic E-state index is 0.725. The minimum Gasteiger partial charge on any atom is -0.265 e. The van der Waals surface area contributed by atoms with E-state index in [1.54, 1.807) is 12.4 Å². The molecule has 0 aliphatic heterocycles. The van der Waals surface area contributed by atoms with Gasteiger partial charge in [-0.25, -0.2) is 0 Å². The lowest BCUT2D eigenvalue weighted by Crippen LogP contribution is -2.03. The highest BCUT2D eigenvalue weighted by Gasteiger charge is 2.15. The third-order valence-electron chi connectivity index (χ3n) is 4.49. The summed E-state index contributed by atoms with van der Waals surface area (Å²) in [5, 5.41) is 15.9. The molecule has 3 aromatic heterocycles. The Morgan fingerprint density at radius 1 is 0.731 bits per heavy atom. The molecule has 0 unspecified atom stereocenters. The summed E-state index contributed by atoms with van der Waals surface area (Å²) in [7, 11) is 0. The fraction of sp³-hybridized carbons (Fsp3) is 0.0476. The van der Waals surface area contributed by atoms with Crippen LogP contribution in [0.15, 0.2) is 79.1 Å². The number of fused-ring (bicyclic) bond motifs is 3. The van der Waals surface area contributed by atoms with Crippen molar-refractivity contribution in [3.8, 4) is 11.4 Å². The van der Waals surface area contributed by atoms with Crippen molar-refractivity contribution < 1.29 is 0 Å². The van der Waals surface area contributed by atoms with Crippen molar-refractivity contribution in [2.24, 2.45) is 0 Å². The SMILES string of the molecule is c1ccc(Cc2nn3c(-c4ccncc4)nnc3c3ccccc23)cc1. The molecule has 0 aliphatic carbocycles. The molecule has 0 radical (unpaired) electrons. The van der Waals surface area contributed by atoms with Crippen LogP contribution in [0.2, 0.25) is 0 Å². The number of hydrogen-bond acceptors (Lipinski definition) is 4. The van der Waals surface area contributed by atoms with Crippen LogP contribution in [-0.4, -0.2) is 24.8 Å². The summed E-state index contributed by atoms with van der Waals surface area (Å²) in [6, 6.07) is 22.5. The Labute approximate surface area is 150 Å². The second kappa shape index (κ2) is 6.04. The van der Waals surface area contributed by atoms with Gasteiger partial charge in [0.25, 0.3) is 0 Å². The average molecular weight is 337 g/mol. The Kier molecular flexibility index (Phi) is 3.42. The van der Waals surface area contributed by atoms with Gasteiger partial charge in [-0.2, -0.15) is 9.61 Å². The monoisotopic (exact) mass is 337 g/mol. The van der Waals surface area contributed by atoms with E-state index in [9.17, 15) is 0 Å². The first kappa shape index (κ1) is 14.7. The van der Waals surface area contributed by atoms with Gasteiger partial charge in [0, 0.05) is 35.2 Å². The standard InChI is InChI=1S/C21H15N5/c1-2-6-15(7-3-1)14-19-17-8-4-5-9-18(17)21-24-23-20(26(21)25-19)16-10-12-22-13-11-16/h1-13H,14H2. The quantitative estimate of drug-likeness (QED) is 0.500. The van der Waals surface area contributed by atoms with Gasteiger partial charge in [-0.1, -0.05) is 54.6 Å². The Morgan fingerprint density at radius 3 is 2.27 bits per heavy atom. The van der Waals surface area contributed by atoms with E-state index >= 15 is 0 Å². The first-order valence-electron chi connectivity index (χ1n) is 8.47. The molecule has 5 nitrogen and oxygen atoms in total. The molecule has 0 fully saturated rings. The highest BCUT2D eigenvalue weighted by Crippen LogP contribution is 2.26. The van der Waals surface area contributed by atoms with Crippen LogP contribution in [0.25, 0.3) is 27.8 Å². The van der Waals surface area contributed by atoms with Crippen LogP contribution < -0.4 is 0 Å². The van der Waals surface area contributed by atoms with Crippen molar-refractivity contribution in [2.75, 3.05) is 0 Å². The Bertz CT molecular complexity index is 1200. The molecule has 0 saturated carbocycles. The van der Waals surface area contributed by atoms with E-state index in [0.717, 1.165) is 39.9 Å². The van der Waals surface area contributed by atoms with E-state index in [2.05, 4.69) is 51.6 Å². The van der Waals surface area contributed by atoms with Crippen LogP contribution >= 0.6 is 0 Å². The third kappa shape index (κ3) is 2.41. The van der Waals surface area contributed by atoms with Crippen molar-refractivity contribution in [3.05, 3.63) is 90.4 Å². The second-order valence-corrected chi connectivity index (χ2v) is 6.15. The molecule has 0 N–H and O–H groups in total. The van der Waals surface area contributed by atoms with Crippen LogP contribution in [0.4, 0.5) is 0 Å². The molecule has 0 spiro atoms. The number of aromatic nitrogens is 5. The van der Waals surface area contributed by atoms with Gasteiger partial charge in [-0.05, 0) is 17.7 Å². The lowest BCUT2D eigenvalue weighted by molar-refractivity contribution is 0.889. The number of hydrogen-bond donors (Lipinski definition) is 0. The van der Waals surface area contributed by atoms with Crippen molar-refractivity contribution in [1.82, 2.24) is 24.8 Å². The highest BCUT2D eigenvalue weighted by atomic mass is 15.4. The smallest absolute Gasteiger partial charge is 0.186 e. The van der Waals surface area contributed by atoms with E-state index in [1.807, 2.05) is 34.8 Å². The Morgan fingerprint density at radius 2 is 1.46 bits per heavy atom. The Balaban J connectivity index is 1.77. The van der Waals surface area contributed by atoms with Crippen molar-refractivity contribution >= 4 is 16.4 Å². The van der Waals surface area contributed by atoms with Gasteiger partial charge in [0.05, 0.1) is 5.69 Å². The molecule has 0 amide bonds. The van der Waals surface area contributed by atoms with Crippen LogP contribution in [-0.2, 0) is 6.42 Å². The summed E-state index contributed by atoms with van der Waals surface area (Å²) >= 11 is 0. The summed E-state index contributed by atoms with van der Waals surface area (Å²) in [5.41, 5.74) is 3.95. The van der Waals surface area contributed by atoms with E-state index in [0.29, 0.717) is 0 Å². The van der Waals surface area contributed by atoms with E-state index in [4.69, 9.17) is 5.10 Å². The molecule has 124 valence electrons. The van der Waals surface area contributed by atoms with Crippen LogP contribution in [0.1, 0.15) is 11.3 Å². The zero-order valence-electron chi connectivity index (χ0n) is 13.9. The summed E-state index contributed by atoms with van der Waals surface area (Å²) in [6.07, 6.45) is 4.26. The van der Waals surface area contributed by atoms with Crippen LogP contribution in [0, 0.1) is 0 Å². The Hall–Kier alpha value is -3.60. The maximum atomic E-state index is 4.91. The minimum absolute atomic E-state index is 0.725. The molecule has 0 atom stereocenters. The van der Waals surface area contributed by atoms with Crippen molar-refractivity contribution in [3.63, 3.8) is 0 Å². The molecular weight excluding hydrogens is 322 g/mol. The first-order chi connectivity index (χ1) is 12.9. The molecule has 0 saturated heterocycles. The zero-order chi connectivity index (χ0) is 17.3. The third-order valence-corrected chi connectivity index (χ3v) is 4.49. The predicted molar refractivity (Wildman–Crippen MR) is 101 cm³/mol. The number of pyridine rings is 1. The molecule has 3 heterocycles. The van der Waals surface area contributed by atoms with Crippen LogP contribution in [0.5, 0.6) is 0 Å². The van der Waals surface area contributed by atoms with E-state index < -0.39 is 0 Å². The molecule has 2 aromatic carbocycles. The zero-order valence-corrected chi connectivity index (χ0v) is 13.9. The van der Waals surface area contributed by atoms with Crippen molar-refractivity contribution in [1.29, 1.82) is 0 Å². The summed E-state index contributed by atoms with van der Waals surface area (Å²) in [5.74, 6) is 0.725. The molecule has 26 heavy (non-hydrogen) atoms. The van der Waals surface area contributed by atoms with Gasteiger partial charge in [0.15, 0.2) is 11.5 Å². The normalized spacial score (nSPS) is 11.2. The molecule has 5 heteroatoms. The largest absolute Gasteiger partial charge is 0.265 e. The number of rotatable bonds is 3. The predicted octanol–water partition coefficient (Wildman–Crippen LogP) is 3.93.